The molecule has 0 unspecified atom stereocenters. The number of piperidine rings is 1. The third-order valence-electron chi connectivity index (χ3n) is 3.80. The van der Waals surface area contributed by atoms with E-state index in [1.54, 1.807) is 0 Å². The predicted octanol–water partition coefficient (Wildman–Crippen LogP) is 1.72. The molecule has 2 N–H and O–H groups in total. The number of carbonyl (C=O) groups is 1. The van der Waals surface area contributed by atoms with E-state index in [1.807, 2.05) is 4.90 Å². The lowest BCUT2D eigenvalue weighted by molar-refractivity contribution is -0.136. The van der Waals surface area contributed by atoms with E-state index in [9.17, 15) is 4.79 Å². The molecule has 114 valence electrons. The maximum Gasteiger partial charge on any atom is 0.237 e. The standard InChI is InChI=1S/C14H29N3O.ClH/c1-11(2)17(12(3)4)14(18)10-16-7-5-13(9-15)6-8-16;/h11-13H,5-10,15H2,1-4H3;1H. The fourth-order valence-corrected chi connectivity index (χ4v) is 2.83. The lowest BCUT2D eigenvalue weighted by Crippen LogP contribution is -2.48. The minimum Gasteiger partial charge on any atom is -0.337 e. The van der Waals surface area contributed by atoms with Crippen LogP contribution in [0.25, 0.3) is 0 Å². The molecule has 1 rings (SSSR count). The van der Waals surface area contributed by atoms with Gasteiger partial charge in [0.05, 0.1) is 6.54 Å². The number of hydrogen-bond acceptors (Lipinski definition) is 3. The molecule has 0 aromatic heterocycles. The van der Waals surface area contributed by atoms with Crippen LogP contribution >= 0.6 is 12.4 Å². The quantitative estimate of drug-likeness (QED) is 0.839. The van der Waals surface area contributed by atoms with Gasteiger partial charge < -0.3 is 10.6 Å². The summed E-state index contributed by atoms with van der Waals surface area (Å²) in [6, 6.07) is 0.554. The van der Waals surface area contributed by atoms with E-state index >= 15 is 0 Å². The zero-order chi connectivity index (χ0) is 13.7. The van der Waals surface area contributed by atoms with Gasteiger partial charge in [-0.3, -0.25) is 9.69 Å². The molecule has 5 heteroatoms. The molecule has 0 radical (unpaired) electrons. The van der Waals surface area contributed by atoms with Crippen molar-refractivity contribution in [2.75, 3.05) is 26.2 Å². The van der Waals surface area contributed by atoms with Gasteiger partial charge in [0.1, 0.15) is 0 Å². The minimum absolute atomic E-state index is 0. The molecule has 0 aromatic carbocycles. The van der Waals surface area contributed by atoms with Crippen molar-refractivity contribution in [3.63, 3.8) is 0 Å². The van der Waals surface area contributed by atoms with Crippen LogP contribution in [0.1, 0.15) is 40.5 Å². The van der Waals surface area contributed by atoms with Gasteiger partial charge in [0.25, 0.3) is 0 Å². The van der Waals surface area contributed by atoms with Crippen LogP contribution in [0.4, 0.5) is 0 Å². The Balaban J connectivity index is 0.00000324. The van der Waals surface area contributed by atoms with Crippen LogP contribution < -0.4 is 5.73 Å². The average Bonchev–Trinajstić information content (AvgIpc) is 2.28. The molecule has 1 heterocycles. The van der Waals surface area contributed by atoms with Crippen LogP contribution in [0.15, 0.2) is 0 Å². The van der Waals surface area contributed by atoms with Gasteiger partial charge in [0, 0.05) is 12.1 Å². The monoisotopic (exact) mass is 291 g/mol. The summed E-state index contributed by atoms with van der Waals surface area (Å²) < 4.78 is 0. The second kappa shape index (κ2) is 8.77. The number of rotatable bonds is 5. The Morgan fingerprint density at radius 3 is 2.05 bits per heavy atom. The lowest BCUT2D eigenvalue weighted by Gasteiger charge is -2.35. The van der Waals surface area contributed by atoms with E-state index in [0.717, 1.165) is 32.5 Å². The van der Waals surface area contributed by atoms with Crippen LogP contribution in [-0.2, 0) is 4.79 Å². The molecule has 0 bridgehead atoms. The van der Waals surface area contributed by atoms with Crippen molar-refractivity contribution in [2.24, 2.45) is 11.7 Å². The highest BCUT2D eigenvalue weighted by molar-refractivity contribution is 5.85. The molecule has 1 aliphatic rings. The van der Waals surface area contributed by atoms with Crippen molar-refractivity contribution in [3.05, 3.63) is 0 Å². The molecule has 0 aromatic rings. The second-order valence-electron chi connectivity index (χ2n) is 5.94. The molecule has 19 heavy (non-hydrogen) atoms. The number of nitrogens with zero attached hydrogens (tertiary/aromatic N) is 2. The Morgan fingerprint density at radius 2 is 1.68 bits per heavy atom. The van der Waals surface area contributed by atoms with Crippen LogP contribution in [0.2, 0.25) is 0 Å². The van der Waals surface area contributed by atoms with Gasteiger partial charge in [0.2, 0.25) is 5.91 Å². The van der Waals surface area contributed by atoms with Crippen molar-refractivity contribution < 1.29 is 4.79 Å². The SMILES string of the molecule is CC(C)N(C(=O)CN1CCC(CN)CC1)C(C)C.Cl. The third kappa shape index (κ3) is 5.67. The zero-order valence-corrected chi connectivity index (χ0v) is 13.6. The lowest BCUT2D eigenvalue weighted by atomic mass is 9.97. The predicted molar refractivity (Wildman–Crippen MR) is 82.6 cm³/mol. The molecule has 4 nitrogen and oxygen atoms in total. The number of amides is 1. The summed E-state index contributed by atoms with van der Waals surface area (Å²) >= 11 is 0. The molecule has 1 aliphatic heterocycles. The largest absolute Gasteiger partial charge is 0.337 e. The van der Waals surface area contributed by atoms with Crippen LogP contribution in [-0.4, -0.2) is 54.0 Å². The molecular formula is C14H30ClN3O. The van der Waals surface area contributed by atoms with Gasteiger partial charge in [0.15, 0.2) is 0 Å². The Hall–Kier alpha value is -0.320. The summed E-state index contributed by atoms with van der Waals surface area (Å²) in [4.78, 5) is 16.6. The minimum atomic E-state index is 0. The molecule has 0 spiro atoms. The second-order valence-corrected chi connectivity index (χ2v) is 5.94. The van der Waals surface area contributed by atoms with Crippen molar-refractivity contribution in [2.45, 2.75) is 52.6 Å². The van der Waals surface area contributed by atoms with Gasteiger partial charge in [-0.25, -0.2) is 0 Å². The first-order valence-electron chi connectivity index (χ1n) is 7.19. The smallest absolute Gasteiger partial charge is 0.237 e. The van der Waals surface area contributed by atoms with Gasteiger partial charge >= 0.3 is 0 Å². The maximum atomic E-state index is 12.3. The molecule has 0 aliphatic carbocycles. The van der Waals surface area contributed by atoms with Crippen LogP contribution in [0, 0.1) is 5.92 Å². The normalized spacial score (nSPS) is 17.6. The summed E-state index contributed by atoms with van der Waals surface area (Å²) in [5, 5.41) is 0. The van der Waals surface area contributed by atoms with Gasteiger partial charge in [-0.05, 0) is 66.1 Å². The topological polar surface area (TPSA) is 49.6 Å². The van der Waals surface area contributed by atoms with Crippen LogP contribution in [0.3, 0.4) is 0 Å². The van der Waals surface area contributed by atoms with Crippen molar-refractivity contribution in [1.29, 1.82) is 0 Å². The van der Waals surface area contributed by atoms with Crippen molar-refractivity contribution in [3.8, 4) is 0 Å². The average molecular weight is 292 g/mol. The van der Waals surface area contributed by atoms with Crippen LogP contribution in [0.5, 0.6) is 0 Å². The summed E-state index contributed by atoms with van der Waals surface area (Å²) in [5.41, 5.74) is 5.68. The zero-order valence-electron chi connectivity index (χ0n) is 12.8. The first-order chi connectivity index (χ1) is 8.45. The Bertz CT molecular complexity index is 255. The maximum absolute atomic E-state index is 12.3. The fourth-order valence-electron chi connectivity index (χ4n) is 2.83. The Kier molecular flexibility index (Phi) is 8.62. The van der Waals surface area contributed by atoms with Crippen molar-refractivity contribution in [1.82, 2.24) is 9.80 Å². The van der Waals surface area contributed by atoms with Gasteiger partial charge in [-0.15, -0.1) is 12.4 Å². The number of likely N-dealkylation sites (tertiary alicyclic amines) is 1. The van der Waals surface area contributed by atoms with E-state index in [0.29, 0.717) is 12.5 Å². The number of nitrogens with two attached hydrogens (primary N) is 1. The summed E-state index contributed by atoms with van der Waals surface area (Å²) in [6.07, 6.45) is 2.26. The highest BCUT2D eigenvalue weighted by Gasteiger charge is 2.24. The highest BCUT2D eigenvalue weighted by Crippen LogP contribution is 2.16. The first-order valence-corrected chi connectivity index (χ1v) is 7.19. The van der Waals surface area contributed by atoms with E-state index in [2.05, 4.69) is 32.6 Å². The van der Waals surface area contributed by atoms with Crippen molar-refractivity contribution >= 4 is 18.3 Å². The van der Waals surface area contributed by atoms with Gasteiger partial charge in [-0.1, -0.05) is 0 Å². The third-order valence-corrected chi connectivity index (χ3v) is 3.80. The molecule has 0 atom stereocenters. The summed E-state index contributed by atoms with van der Waals surface area (Å²) in [6.45, 7) is 11.7. The number of hydrogen-bond donors (Lipinski definition) is 1. The fraction of sp³-hybridized carbons (Fsp3) is 0.929. The molecular weight excluding hydrogens is 262 g/mol. The van der Waals surface area contributed by atoms with E-state index in [4.69, 9.17) is 5.73 Å². The summed E-state index contributed by atoms with van der Waals surface area (Å²) in [5.74, 6) is 0.911. The summed E-state index contributed by atoms with van der Waals surface area (Å²) in [7, 11) is 0. The Morgan fingerprint density at radius 1 is 1.21 bits per heavy atom. The first kappa shape index (κ1) is 18.7. The molecule has 1 saturated heterocycles. The number of carbonyl (C=O) groups excluding carboxylic acids is 1. The number of halogens is 1. The van der Waals surface area contributed by atoms with E-state index < -0.39 is 0 Å². The molecule has 1 fully saturated rings. The van der Waals surface area contributed by atoms with E-state index in [-0.39, 0.29) is 30.4 Å². The Labute approximate surface area is 124 Å². The molecule has 1 amide bonds. The highest BCUT2D eigenvalue weighted by atomic mass is 35.5. The van der Waals surface area contributed by atoms with Gasteiger partial charge in [-0.2, -0.15) is 0 Å². The van der Waals surface area contributed by atoms with E-state index in [1.165, 1.54) is 0 Å². The molecule has 0 saturated carbocycles.